The van der Waals surface area contributed by atoms with Crippen molar-refractivity contribution in [1.29, 1.82) is 0 Å². The molecule has 192 valence electrons. The Balaban J connectivity index is 1.39. The minimum absolute atomic E-state index is 0.113. The summed E-state index contributed by atoms with van der Waals surface area (Å²) < 4.78 is 20.0. The lowest BCUT2D eigenvalue weighted by Gasteiger charge is -2.31. The average Bonchev–Trinajstić information content (AvgIpc) is 3.63. The van der Waals surface area contributed by atoms with Crippen molar-refractivity contribution in [2.45, 2.75) is 12.5 Å². The third-order valence-corrected chi connectivity index (χ3v) is 7.53. The maximum Gasteiger partial charge on any atom is 0.264 e. The van der Waals surface area contributed by atoms with E-state index in [2.05, 4.69) is 10.0 Å². The molecule has 9 heteroatoms. The number of thiophene rings is 1. The van der Waals surface area contributed by atoms with E-state index < -0.39 is 0 Å². The Labute approximate surface area is 219 Å². The summed E-state index contributed by atoms with van der Waals surface area (Å²) in [5.74, 6) is -0.847. The van der Waals surface area contributed by atoms with Crippen LogP contribution in [-0.2, 0) is 9.53 Å². The smallest absolute Gasteiger partial charge is 0.264 e. The molecule has 2 amide bonds. The Morgan fingerprint density at radius 3 is 2.51 bits per heavy atom. The van der Waals surface area contributed by atoms with Crippen LogP contribution in [0.15, 0.2) is 77.2 Å². The molecule has 1 saturated heterocycles. The van der Waals surface area contributed by atoms with Crippen molar-refractivity contribution in [3.63, 3.8) is 0 Å². The van der Waals surface area contributed by atoms with Crippen LogP contribution in [0.5, 0.6) is 0 Å². The van der Waals surface area contributed by atoms with E-state index in [9.17, 15) is 14.0 Å². The first-order valence-electron chi connectivity index (χ1n) is 12.4. The molecule has 2 aliphatic heterocycles. The van der Waals surface area contributed by atoms with E-state index in [1.807, 2.05) is 41.8 Å². The van der Waals surface area contributed by atoms with Crippen LogP contribution in [0.4, 0.5) is 4.39 Å². The predicted molar refractivity (Wildman–Crippen MR) is 141 cm³/mol. The first-order chi connectivity index (χ1) is 18.1. The summed E-state index contributed by atoms with van der Waals surface area (Å²) in [6, 6.07) is 19.3. The monoisotopic (exact) mass is 520 g/mol. The van der Waals surface area contributed by atoms with Gasteiger partial charge in [0.05, 0.1) is 29.8 Å². The van der Waals surface area contributed by atoms with Crippen molar-refractivity contribution in [1.82, 2.24) is 14.8 Å². The van der Waals surface area contributed by atoms with Gasteiger partial charge < -0.3 is 9.64 Å². The third-order valence-electron chi connectivity index (χ3n) is 6.67. The number of hydrazone groups is 1. The molecule has 1 atom stereocenters. The summed E-state index contributed by atoms with van der Waals surface area (Å²) in [7, 11) is 0. The zero-order valence-electron chi connectivity index (χ0n) is 20.5. The molecular weight excluding hydrogens is 491 g/mol. The molecule has 37 heavy (non-hydrogen) atoms. The van der Waals surface area contributed by atoms with Crippen molar-refractivity contribution >= 4 is 28.9 Å². The van der Waals surface area contributed by atoms with E-state index in [1.165, 1.54) is 22.4 Å². The molecule has 0 spiro atoms. The van der Waals surface area contributed by atoms with Crippen LogP contribution < -0.4 is 0 Å². The fraction of sp³-hybridized carbons (Fsp3) is 0.321. The SMILES string of the molecule is O=C(c1cccs1)N(CCN1CCOCC1)CC(=O)N1N=C(c2ccccc2F)CC1c1ccccc1. The lowest BCUT2D eigenvalue weighted by atomic mass is 9.98. The molecule has 0 N–H and O–H groups in total. The van der Waals surface area contributed by atoms with E-state index in [-0.39, 0.29) is 30.2 Å². The van der Waals surface area contributed by atoms with Gasteiger partial charge >= 0.3 is 0 Å². The van der Waals surface area contributed by atoms with Gasteiger partial charge in [-0.2, -0.15) is 5.10 Å². The van der Waals surface area contributed by atoms with Crippen molar-refractivity contribution in [2.75, 3.05) is 45.9 Å². The van der Waals surface area contributed by atoms with Crippen LogP contribution in [0.1, 0.15) is 33.3 Å². The van der Waals surface area contributed by atoms with Crippen molar-refractivity contribution in [2.24, 2.45) is 5.10 Å². The maximum atomic E-state index is 14.6. The van der Waals surface area contributed by atoms with Gasteiger partial charge in [0.2, 0.25) is 0 Å². The standard InChI is InChI=1S/C28H29FN4O3S/c29-23-10-5-4-9-22(23)24-19-25(21-7-2-1-3-8-21)33(30-24)27(34)20-32(28(35)26-11-6-18-37-26)13-12-31-14-16-36-17-15-31/h1-11,18,25H,12-17,19-20H2. The van der Waals surface area contributed by atoms with Crippen LogP contribution in [0.2, 0.25) is 0 Å². The van der Waals surface area contributed by atoms with Crippen molar-refractivity contribution in [3.05, 3.63) is 93.9 Å². The molecule has 2 aliphatic rings. The second-order valence-corrected chi connectivity index (χ2v) is 10.0. The summed E-state index contributed by atoms with van der Waals surface area (Å²) in [5.41, 5.74) is 1.82. The maximum absolute atomic E-state index is 14.6. The molecule has 3 heterocycles. The summed E-state index contributed by atoms with van der Waals surface area (Å²) in [4.78, 5) is 31.5. The molecule has 1 unspecified atom stereocenters. The number of ether oxygens (including phenoxy) is 1. The molecule has 1 fully saturated rings. The largest absolute Gasteiger partial charge is 0.379 e. The molecule has 1 aromatic heterocycles. The molecule has 0 radical (unpaired) electrons. The minimum Gasteiger partial charge on any atom is -0.379 e. The van der Waals surface area contributed by atoms with Gasteiger partial charge in [-0.05, 0) is 23.1 Å². The number of hydrogen-bond acceptors (Lipinski definition) is 6. The molecule has 5 rings (SSSR count). The number of hydrogen-bond donors (Lipinski definition) is 0. The normalized spacial score (nSPS) is 18.0. The number of nitrogens with zero attached hydrogens (tertiary/aromatic N) is 4. The number of benzene rings is 2. The van der Waals surface area contributed by atoms with Gasteiger partial charge in [-0.15, -0.1) is 11.3 Å². The molecule has 2 aromatic carbocycles. The van der Waals surface area contributed by atoms with Crippen molar-refractivity contribution in [3.8, 4) is 0 Å². The summed E-state index contributed by atoms with van der Waals surface area (Å²) >= 11 is 1.36. The highest BCUT2D eigenvalue weighted by Gasteiger charge is 2.35. The first-order valence-corrected chi connectivity index (χ1v) is 13.3. The number of halogens is 1. The Hall–Kier alpha value is -3.40. The van der Waals surface area contributed by atoms with Crippen molar-refractivity contribution < 1.29 is 18.7 Å². The Morgan fingerprint density at radius 2 is 1.78 bits per heavy atom. The van der Waals surface area contributed by atoms with Crippen LogP contribution in [0.3, 0.4) is 0 Å². The van der Waals surface area contributed by atoms with Crippen LogP contribution in [-0.4, -0.2) is 78.3 Å². The van der Waals surface area contributed by atoms with E-state index in [4.69, 9.17) is 4.74 Å². The number of carbonyl (C=O) groups is 2. The Bertz CT molecular complexity index is 1250. The van der Waals surface area contributed by atoms with Crippen LogP contribution >= 0.6 is 11.3 Å². The number of amides is 2. The van der Waals surface area contributed by atoms with E-state index in [0.717, 1.165) is 18.7 Å². The lowest BCUT2D eigenvalue weighted by Crippen LogP contribution is -2.46. The Kier molecular flexibility index (Phi) is 8.03. The average molecular weight is 521 g/mol. The van der Waals surface area contributed by atoms with Gasteiger partial charge in [0.15, 0.2) is 0 Å². The van der Waals surface area contributed by atoms with Crippen LogP contribution in [0.25, 0.3) is 0 Å². The second-order valence-electron chi connectivity index (χ2n) is 9.05. The Morgan fingerprint density at radius 1 is 1.03 bits per heavy atom. The molecule has 3 aromatic rings. The van der Waals surface area contributed by atoms with E-state index in [1.54, 1.807) is 29.2 Å². The molecule has 0 saturated carbocycles. The second kappa shape index (κ2) is 11.8. The third kappa shape index (κ3) is 5.95. The highest BCUT2D eigenvalue weighted by atomic mass is 32.1. The summed E-state index contributed by atoms with van der Waals surface area (Å²) in [6.07, 6.45) is 0.392. The van der Waals surface area contributed by atoms with Gasteiger partial charge in [0, 0.05) is 38.2 Å². The number of rotatable bonds is 8. The quantitative estimate of drug-likeness (QED) is 0.450. The van der Waals surface area contributed by atoms with Gasteiger partial charge in [-0.25, -0.2) is 9.40 Å². The number of carbonyl (C=O) groups excluding carboxylic acids is 2. The molecule has 7 nitrogen and oxygen atoms in total. The fourth-order valence-electron chi connectivity index (χ4n) is 4.66. The highest BCUT2D eigenvalue weighted by molar-refractivity contribution is 7.12. The van der Waals surface area contributed by atoms with E-state index >= 15 is 0 Å². The topological polar surface area (TPSA) is 65.5 Å². The molecule has 0 aliphatic carbocycles. The van der Waals surface area contributed by atoms with Gasteiger partial charge in [-0.1, -0.05) is 54.6 Å². The van der Waals surface area contributed by atoms with Gasteiger partial charge in [-0.3, -0.25) is 14.5 Å². The molecular formula is C28H29FN4O3S. The fourth-order valence-corrected chi connectivity index (χ4v) is 5.35. The first kappa shape index (κ1) is 25.3. The summed E-state index contributed by atoms with van der Waals surface area (Å²) in [6.45, 7) is 3.88. The minimum atomic E-state index is -0.374. The molecule has 0 bridgehead atoms. The zero-order valence-corrected chi connectivity index (χ0v) is 21.3. The number of morpholine rings is 1. The van der Waals surface area contributed by atoms with Gasteiger partial charge in [0.25, 0.3) is 11.8 Å². The summed E-state index contributed by atoms with van der Waals surface area (Å²) in [5, 5.41) is 7.88. The predicted octanol–water partition coefficient (Wildman–Crippen LogP) is 4.04. The van der Waals surface area contributed by atoms with Crippen LogP contribution in [0, 0.1) is 5.82 Å². The van der Waals surface area contributed by atoms with E-state index in [0.29, 0.717) is 48.9 Å². The zero-order chi connectivity index (χ0) is 25.6. The highest BCUT2D eigenvalue weighted by Crippen LogP contribution is 2.33. The lowest BCUT2D eigenvalue weighted by molar-refractivity contribution is -0.133. The van der Waals surface area contributed by atoms with Gasteiger partial charge in [0.1, 0.15) is 12.4 Å².